The van der Waals surface area contributed by atoms with Crippen molar-refractivity contribution in [3.63, 3.8) is 0 Å². The van der Waals surface area contributed by atoms with Crippen molar-refractivity contribution < 1.29 is 22.9 Å². The van der Waals surface area contributed by atoms with Crippen molar-refractivity contribution in [3.05, 3.63) is 84.5 Å². The summed E-state index contributed by atoms with van der Waals surface area (Å²) in [5.41, 5.74) is 1.20. The Hall–Kier alpha value is -2.76. The molecule has 11 heteroatoms. The van der Waals surface area contributed by atoms with Crippen molar-refractivity contribution in [3.8, 4) is 0 Å². The SMILES string of the molecule is COC(=O)c1sccc1N(Cc1cccc([N+](=O)[O-])c1Br)S(=O)(=O)c1ccc(C)cc1. The summed E-state index contributed by atoms with van der Waals surface area (Å²) in [5, 5.41) is 12.9. The summed E-state index contributed by atoms with van der Waals surface area (Å²) in [5.74, 6) is -0.674. The van der Waals surface area contributed by atoms with Crippen molar-refractivity contribution >= 4 is 54.6 Å². The van der Waals surface area contributed by atoms with Crippen LogP contribution >= 0.6 is 27.3 Å². The molecule has 3 rings (SSSR count). The molecule has 3 aromatic rings. The molecule has 0 radical (unpaired) electrons. The topological polar surface area (TPSA) is 107 Å². The zero-order valence-electron chi connectivity index (χ0n) is 16.4. The second kappa shape index (κ2) is 9.16. The normalized spacial score (nSPS) is 11.2. The smallest absolute Gasteiger partial charge is 0.350 e. The van der Waals surface area contributed by atoms with E-state index >= 15 is 0 Å². The van der Waals surface area contributed by atoms with Crippen LogP contribution in [-0.4, -0.2) is 26.4 Å². The van der Waals surface area contributed by atoms with Crippen molar-refractivity contribution in [1.29, 1.82) is 0 Å². The van der Waals surface area contributed by atoms with Crippen LogP contribution in [0, 0.1) is 17.0 Å². The molecular weight excluding hydrogens is 508 g/mol. The molecule has 0 aliphatic carbocycles. The first-order valence-corrected chi connectivity index (χ1v) is 11.9. The molecule has 1 aromatic heterocycles. The number of benzene rings is 2. The molecule has 0 bridgehead atoms. The lowest BCUT2D eigenvalue weighted by molar-refractivity contribution is -0.385. The Kier molecular flexibility index (Phi) is 6.77. The van der Waals surface area contributed by atoms with Gasteiger partial charge in [-0.05, 0) is 52.0 Å². The van der Waals surface area contributed by atoms with E-state index in [1.165, 1.54) is 37.4 Å². The fraction of sp³-hybridized carbons (Fsp3) is 0.150. The second-order valence-corrected chi connectivity index (χ2v) is 10.0. The maximum Gasteiger partial charge on any atom is 0.350 e. The third kappa shape index (κ3) is 4.63. The highest BCUT2D eigenvalue weighted by Crippen LogP contribution is 2.36. The van der Waals surface area contributed by atoms with Gasteiger partial charge >= 0.3 is 5.97 Å². The Balaban J connectivity index is 2.18. The maximum absolute atomic E-state index is 13.6. The third-order valence-corrected chi connectivity index (χ3v) is 8.04. The number of nitro benzene ring substituents is 1. The van der Waals surface area contributed by atoms with Crippen molar-refractivity contribution in [2.45, 2.75) is 18.4 Å². The number of methoxy groups -OCH3 is 1. The van der Waals surface area contributed by atoms with Crippen LogP contribution in [0.5, 0.6) is 0 Å². The number of carbonyl (C=O) groups is 1. The fourth-order valence-electron chi connectivity index (χ4n) is 2.87. The number of nitro groups is 1. The molecule has 31 heavy (non-hydrogen) atoms. The molecule has 1 heterocycles. The van der Waals surface area contributed by atoms with E-state index in [0.717, 1.165) is 21.2 Å². The molecule has 162 valence electrons. The average molecular weight is 525 g/mol. The van der Waals surface area contributed by atoms with Gasteiger partial charge in [0.2, 0.25) is 0 Å². The lowest BCUT2D eigenvalue weighted by Crippen LogP contribution is -2.31. The van der Waals surface area contributed by atoms with Gasteiger partial charge in [-0.2, -0.15) is 0 Å². The van der Waals surface area contributed by atoms with Crippen LogP contribution in [0.15, 0.2) is 63.3 Å². The largest absolute Gasteiger partial charge is 0.465 e. The Morgan fingerprint density at radius 1 is 1.19 bits per heavy atom. The summed E-state index contributed by atoms with van der Waals surface area (Å²) in [6.07, 6.45) is 0. The van der Waals surface area contributed by atoms with E-state index in [1.807, 2.05) is 6.92 Å². The van der Waals surface area contributed by atoms with Crippen LogP contribution in [0.4, 0.5) is 11.4 Å². The van der Waals surface area contributed by atoms with Crippen LogP contribution in [0.2, 0.25) is 0 Å². The number of aryl methyl sites for hydroxylation is 1. The molecular formula is C20H17BrN2O6S2. The minimum atomic E-state index is -4.11. The summed E-state index contributed by atoms with van der Waals surface area (Å²) in [6.45, 7) is 1.60. The molecule has 0 saturated heterocycles. The highest BCUT2D eigenvalue weighted by atomic mass is 79.9. The van der Waals surface area contributed by atoms with Crippen molar-refractivity contribution in [1.82, 2.24) is 0 Å². The Morgan fingerprint density at radius 3 is 2.48 bits per heavy atom. The monoisotopic (exact) mass is 524 g/mol. The Morgan fingerprint density at radius 2 is 1.87 bits per heavy atom. The van der Waals surface area contributed by atoms with Gasteiger partial charge in [-0.25, -0.2) is 13.2 Å². The number of sulfonamides is 1. The zero-order valence-corrected chi connectivity index (χ0v) is 19.7. The lowest BCUT2D eigenvalue weighted by atomic mass is 10.2. The molecule has 0 amide bonds. The number of ether oxygens (including phenoxy) is 1. The van der Waals surface area contributed by atoms with Gasteiger partial charge in [0.25, 0.3) is 15.7 Å². The molecule has 2 aromatic carbocycles. The summed E-state index contributed by atoms with van der Waals surface area (Å²) < 4.78 is 33.2. The van der Waals surface area contributed by atoms with Gasteiger partial charge < -0.3 is 4.74 Å². The van der Waals surface area contributed by atoms with E-state index in [-0.39, 0.29) is 32.2 Å². The van der Waals surface area contributed by atoms with Crippen LogP contribution in [0.1, 0.15) is 20.8 Å². The van der Waals surface area contributed by atoms with E-state index < -0.39 is 20.9 Å². The van der Waals surface area contributed by atoms with Crippen LogP contribution in [-0.2, 0) is 21.3 Å². The van der Waals surface area contributed by atoms with Crippen molar-refractivity contribution in [2.75, 3.05) is 11.4 Å². The van der Waals surface area contributed by atoms with Gasteiger partial charge in [-0.3, -0.25) is 14.4 Å². The maximum atomic E-state index is 13.6. The number of rotatable bonds is 7. The molecule has 0 atom stereocenters. The molecule has 8 nitrogen and oxygen atoms in total. The molecule has 0 unspecified atom stereocenters. The average Bonchev–Trinajstić information content (AvgIpc) is 3.21. The number of hydrogen-bond donors (Lipinski definition) is 0. The van der Waals surface area contributed by atoms with Gasteiger partial charge in [0.1, 0.15) is 9.35 Å². The van der Waals surface area contributed by atoms with Crippen molar-refractivity contribution in [2.24, 2.45) is 0 Å². The van der Waals surface area contributed by atoms with E-state index in [0.29, 0.717) is 5.56 Å². The minimum Gasteiger partial charge on any atom is -0.465 e. The van der Waals surface area contributed by atoms with E-state index in [9.17, 15) is 23.3 Å². The standard InChI is InChI=1S/C20H17BrN2O6S2/c1-13-6-8-15(9-7-13)31(27,28)22(17-10-11-30-19(17)20(24)29-2)12-14-4-3-5-16(18(14)21)23(25)26/h3-11H,12H2,1-2H3. The quantitative estimate of drug-likeness (QED) is 0.247. The summed E-state index contributed by atoms with van der Waals surface area (Å²) in [7, 11) is -2.90. The second-order valence-electron chi connectivity index (χ2n) is 6.46. The van der Waals surface area contributed by atoms with E-state index in [4.69, 9.17) is 4.74 Å². The summed E-state index contributed by atoms with van der Waals surface area (Å²) >= 11 is 4.26. The fourth-order valence-corrected chi connectivity index (χ4v) is 5.72. The predicted octanol–water partition coefficient (Wildman–Crippen LogP) is 4.91. The first-order chi connectivity index (χ1) is 14.7. The molecule has 0 saturated carbocycles. The number of halogens is 1. The van der Waals surface area contributed by atoms with Crippen LogP contribution in [0.25, 0.3) is 0 Å². The van der Waals surface area contributed by atoms with Crippen LogP contribution in [0.3, 0.4) is 0 Å². The molecule has 0 aliphatic heterocycles. The van der Waals surface area contributed by atoms with E-state index in [2.05, 4.69) is 15.9 Å². The number of anilines is 1. The Labute approximate surface area is 191 Å². The number of nitrogens with zero attached hydrogens (tertiary/aromatic N) is 2. The van der Waals surface area contributed by atoms with Crippen LogP contribution < -0.4 is 4.31 Å². The number of hydrogen-bond acceptors (Lipinski definition) is 7. The first-order valence-electron chi connectivity index (χ1n) is 8.83. The third-order valence-electron chi connectivity index (χ3n) is 4.46. The highest BCUT2D eigenvalue weighted by molar-refractivity contribution is 9.10. The summed E-state index contributed by atoms with van der Waals surface area (Å²) in [6, 6.07) is 12.2. The number of thiophene rings is 1. The molecule has 0 N–H and O–H groups in total. The molecule has 0 spiro atoms. The predicted molar refractivity (Wildman–Crippen MR) is 121 cm³/mol. The molecule has 0 fully saturated rings. The lowest BCUT2D eigenvalue weighted by Gasteiger charge is -2.25. The minimum absolute atomic E-state index is 0.0293. The van der Waals surface area contributed by atoms with E-state index in [1.54, 1.807) is 23.6 Å². The zero-order chi connectivity index (χ0) is 22.8. The molecule has 0 aliphatic rings. The summed E-state index contributed by atoms with van der Waals surface area (Å²) in [4.78, 5) is 23.1. The van der Waals surface area contributed by atoms with Gasteiger partial charge in [0.05, 0.1) is 29.2 Å². The first kappa shape index (κ1) is 22.9. The van der Waals surface area contributed by atoms with Gasteiger partial charge in [-0.1, -0.05) is 29.8 Å². The Bertz CT molecular complexity index is 1240. The number of esters is 1. The van der Waals surface area contributed by atoms with Gasteiger partial charge in [-0.15, -0.1) is 11.3 Å². The number of carbonyl (C=O) groups excluding carboxylic acids is 1. The van der Waals surface area contributed by atoms with Gasteiger partial charge in [0.15, 0.2) is 0 Å². The van der Waals surface area contributed by atoms with Gasteiger partial charge in [0, 0.05) is 6.07 Å². The highest BCUT2D eigenvalue weighted by Gasteiger charge is 2.31.